The first-order chi connectivity index (χ1) is 15.6. The molecule has 1 amide bonds. The summed E-state index contributed by atoms with van der Waals surface area (Å²) in [6.07, 6.45) is 7.85. The van der Waals surface area contributed by atoms with Crippen molar-refractivity contribution in [3.8, 4) is 11.1 Å². The number of likely N-dealkylation sites (tertiary alicyclic amines) is 1. The van der Waals surface area contributed by atoms with E-state index in [0.717, 1.165) is 48.7 Å². The number of nitrogens with zero attached hydrogens (tertiary/aromatic N) is 1. The third-order valence-corrected chi connectivity index (χ3v) is 7.29. The summed E-state index contributed by atoms with van der Waals surface area (Å²) in [5.74, 6) is -0.504. The van der Waals surface area contributed by atoms with Gasteiger partial charge in [0, 0.05) is 18.5 Å². The lowest BCUT2D eigenvalue weighted by Gasteiger charge is -2.31. The molecular weight excluding hydrogens is 398 g/mol. The molecule has 1 atom stereocenters. The Hall–Kier alpha value is -3.14. The van der Waals surface area contributed by atoms with Crippen LogP contribution in [0.4, 0.5) is 0 Å². The molecule has 3 aromatic rings. The number of aromatic carboxylic acids is 1. The molecule has 2 aliphatic rings. The highest BCUT2D eigenvalue weighted by molar-refractivity contribution is 5.99. The second-order valence-electron chi connectivity index (χ2n) is 9.21. The summed E-state index contributed by atoms with van der Waals surface area (Å²) in [6, 6.07) is 20.1. The molecule has 0 radical (unpaired) electrons. The maximum atomic E-state index is 13.2. The maximum Gasteiger partial charge on any atom is 0.335 e. The van der Waals surface area contributed by atoms with Crippen LogP contribution >= 0.6 is 0 Å². The molecule has 4 nitrogen and oxygen atoms in total. The first-order valence-electron chi connectivity index (χ1n) is 11.8. The largest absolute Gasteiger partial charge is 0.478 e. The molecule has 1 heterocycles. The fourth-order valence-electron chi connectivity index (χ4n) is 5.56. The number of carbonyl (C=O) groups is 2. The van der Waals surface area contributed by atoms with Crippen molar-refractivity contribution >= 4 is 22.6 Å². The summed E-state index contributed by atoms with van der Waals surface area (Å²) in [4.78, 5) is 26.6. The van der Waals surface area contributed by atoms with Crippen LogP contribution in [0.15, 0.2) is 60.7 Å². The molecular formula is C28H29NO3. The van der Waals surface area contributed by atoms with Crippen LogP contribution in [0.5, 0.6) is 0 Å². The van der Waals surface area contributed by atoms with Gasteiger partial charge in [0.1, 0.15) is 0 Å². The Kier molecular flexibility index (Phi) is 5.69. The molecule has 1 saturated carbocycles. The quantitative estimate of drug-likeness (QED) is 0.549. The monoisotopic (exact) mass is 427 g/mol. The van der Waals surface area contributed by atoms with Crippen molar-refractivity contribution in [2.75, 3.05) is 6.54 Å². The predicted molar refractivity (Wildman–Crippen MR) is 127 cm³/mol. The molecule has 1 saturated heterocycles. The zero-order valence-electron chi connectivity index (χ0n) is 18.3. The molecule has 4 heteroatoms. The van der Waals surface area contributed by atoms with Crippen LogP contribution in [0.25, 0.3) is 21.9 Å². The van der Waals surface area contributed by atoms with Gasteiger partial charge in [0.2, 0.25) is 5.91 Å². The average Bonchev–Trinajstić information content (AvgIpc) is 3.20. The lowest BCUT2D eigenvalue weighted by atomic mass is 9.90. The smallest absolute Gasteiger partial charge is 0.335 e. The summed E-state index contributed by atoms with van der Waals surface area (Å²) >= 11 is 0. The SMILES string of the molecule is O=C(O)c1ccc(-c2ccc(CC3CCN(C4CCCCC4)C3=O)c3ccccc23)cc1. The van der Waals surface area contributed by atoms with Gasteiger partial charge in [-0.15, -0.1) is 0 Å². The molecule has 1 N–H and O–H groups in total. The number of rotatable bonds is 5. The number of carboxylic acid groups (broad SMARTS) is 1. The van der Waals surface area contributed by atoms with Crippen molar-refractivity contribution in [2.45, 2.75) is 51.0 Å². The van der Waals surface area contributed by atoms with Crippen molar-refractivity contribution in [1.82, 2.24) is 4.90 Å². The number of benzene rings is 3. The van der Waals surface area contributed by atoms with Crippen LogP contribution in [0.3, 0.4) is 0 Å². The molecule has 1 aliphatic carbocycles. The summed E-state index contributed by atoms with van der Waals surface area (Å²) in [5.41, 5.74) is 3.59. The summed E-state index contributed by atoms with van der Waals surface area (Å²) in [6.45, 7) is 0.903. The highest BCUT2D eigenvalue weighted by Gasteiger charge is 2.36. The lowest BCUT2D eigenvalue weighted by Crippen LogP contribution is -2.39. The Morgan fingerprint density at radius 1 is 0.875 bits per heavy atom. The minimum atomic E-state index is -0.916. The van der Waals surface area contributed by atoms with Crippen LogP contribution in [0.1, 0.15) is 54.4 Å². The number of carboxylic acids is 1. The van der Waals surface area contributed by atoms with Crippen molar-refractivity contribution in [2.24, 2.45) is 5.92 Å². The fraction of sp³-hybridized carbons (Fsp3) is 0.357. The Balaban J connectivity index is 1.42. The van der Waals surface area contributed by atoms with E-state index < -0.39 is 5.97 Å². The van der Waals surface area contributed by atoms with Gasteiger partial charge in [-0.25, -0.2) is 4.79 Å². The standard InChI is InChI=1S/C28H29NO3/c30-27-22(16-17-29(27)23-6-2-1-3-7-23)18-21-14-15-25(26-9-5-4-8-24(21)26)19-10-12-20(13-11-19)28(31)32/h4-5,8-15,22-23H,1-3,6-7,16-18H2,(H,31,32). The normalized spacial score (nSPS) is 19.6. The molecule has 0 spiro atoms. The van der Waals surface area contributed by atoms with E-state index in [0.29, 0.717) is 11.9 Å². The third-order valence-electron chi connectivity index (χ3n) is 7.29. The molecule has 5 rings (SSSR count). The zero-order valence-corrected chi connectivity index (χ0v) is 18.3. The molecule has 32 heavy (non-hydrogen) atoms. The molecule has 2 fully saturated rings. The van der Waals surface area contributed by atoms with Crippen molar-refractivity contribution in [3.63, 3.8) is 0 Å². The van der Waals surface area contributed by atoms with Gasteiger partial charge < -0.3 is 10.0 Å². The van der Waals surface area contributed by atoms with Gasteiger partial charge in [-0.05, 0) is 65.3 Å². The highest BCUT2D eigenvalue weighted by atomic mass is 16.4. The molecule has 1 unspecified atom stereocenters. The number of carbonyl (C=O) groups excluding carboxylic acids is 1. The summed E-state index contributed by atoms with van der Waals surface area (Å²) in [7, 11) is 0. The Bertz CT molecular complexity index is 1150. The zero-order chi connectivity index (χ0) is 22.1. The van der Waals surface area contributed by atoms with Crippen LogP contribution in [-0.4, -0.2) is 34.5 Å². The molecule has 0 aromatic heterocycles. The Labute approximate surface area is 188 Å². The van der Waals surface area contributed by atoms with Gasteiger partial charge in [-0.1, -0.05) is 67.8 Å². The van der Waals surface area contributed by atoms with Gasteiger partial charge in [0.15, 0.2) is 0 Å². The Morgan fingerprint density at radius 2 is 1.59 bits per heavy atom. The van der Waals surface area contributed by atoms with Crippen LogP contribution < -0.4 is 0 Å². The average molecular weight is 428 g/mol. The first-order valence-corrected chi connectivity index (χ1v) is 11.8. The van der Waals surface area contributed by atoms with Crippen LogP contribution in [-0.2, 0) is 11.2 Å². The van der Waals surface area contributed by atoms with Gasteiger partial charge >= 0.3 is 5.97 Å². The van der Waals surface area contributed by atoms with Crippen LogP contribution in [0, 0.1) is 5.92 Å². The third kappa shape index (κ3) is 3.90. The minimum Gasteiger partial charge on any atom is -0.478 e. The molecule has 3 aromatic carbocycles. The number of amides is 1. The predicted octanol–water partition coefficient (Wildman–Crippen LogP) is 5.93. The van der Waals surface area contributed by atoms with E-state index in [1.54, 1.807) is 12.1 Å². The fourth-order valence-corrected chi connectivity index (χ4v) is 5.56. The number of fused-ring (bicyclic) bond motifs is 1. The minimum absolute atomic E-state index is 0.0704. The van der Waals surface area contributed by atoms with Crippen LogP contribution in [0.2, 0.25) is 0 Å². The van der Waals surface area contributed by atoms with Crippen molar-refractivity contribution < 1.29 is 14.7 Å². The second kappa shape index (κ2) is 8.78. The summed E-state index contributed by atoms with van der Waals surface area (Å²) < 4.78 is 0. The van der Waals surface area contributed by atoms with E-state index in [1.165, 1.54) is 30.2 Å². The van der Waals surface area contributed by atoms with E-state index in [1.807, 2.05) is 24.3 Å². The number of hydrogen-bond acceptors (Lipinski definition) is 2. The van der Waals surface area contributed by atoms with Crippen molar-refractivity contribution in [3.05, 3.63) is 71.8 Å². The van der Waals surface area contributed by atoms with E-state index in [-0.39, 0.29) is 11.5 Å². The Morgan fingerprint density at radius 3 is 2.31 bits per heavy atom. The van der Waals surface area contributed by atoms with Gasteiger partial charge in [-0.2, -0.15) is 0 Å². The molecule has 0 bridgehead atoms. The number of hydrogen-bond donors (Lipinski definition) is 1. The van der Waals surface area contributed by atoms with Gasteiger partial charge in [0.05, 0.1) is 5.56 Å². The van der Waals surface area contributed by atoms with E-state index >= 15 is 0 Å². The highest BCUT2D eigenvalue weighted by Crippen LogP contribution is 2.35. The van der Waals surface area contributed by atoms with E-state index in [2.05, 4.69) is 29.2 Å². The molecule has 1 aliphatic heterocycles. The van der Waals surface area contributed by atoms with Crippen molar-refractivity contribution in [1.29, 1.82) is 0 Å². The molecule has 164 valence electrons. The maximum absolute atomic E-state index is 13.2. The summed E-state index contributed by atoms with van der Waals surface area (Å²) in [5, 5.41) is 11.5. The topological polar surface area (TPSA) is 57.6 Å². The second-order valence-corrected chi connectivity index (χ2v) is 9.21. The lowest BCUT2D eigenvalue weighted by molar-refractivity contribution is -0.133. The van der Waals surface area contributed by atoms with Gasteiger partial charge in [-0.3, -0.25) is 4.79 Å². The van der Waals surface area contributed by atoms with E-state index in [4.69, 9.17) is 0 Å². The first kappa shape index (κ1) is 20.7. The van der Waals surface area contributed by atoms with E-state index in [9.17, 15) is 14.7 Å². The van der Waals surface area contributed by atoms with Gasteiger partial charge in [0.25, 0.3) is 0 Å².